The molecule has 0 saturated heterocycles. The van der Waals surface area contributed by atoms with Gasteiger partial charge in [0, 0.05) is 16.5 Å². The van der Waals surface area contributed by atoms with Crippen molar-refractivity contribution in [2.24, 2.45) is 0 Å². The number of rotatable bonds is 6. The minimum absolute atomic E-state index is 0.718. The molecule has 2 nitrogen and oxygen atoms in total. The first-order chi connectivity index (χ1) is 24.8. The van der Waals surface area contributed by atoms with Gasteiger partial charge in [-0.15, -0.1) is 0 Å². The Kier molecular flexibility index (Phi) is 7.53. The fraction of sp³-hybridized carbons (Fsp3) is 0. The molecule has 2 heteroatoms. The summed E-state index contributed by atoms with van der Waals surface area (Å²) in [6, 6.07) is 68.7. The molecule has 9 rings (SSSR count). The van der Waals surface area contributed by atoms with Gasteiger partial charge in [0.25, 0.3) is 0 Å². The van der Waals surface area contributed by atoms with Crippen LogP contribution in [0.2, 0.25) is 0 Å². The molecule has 8 aromatic carbocycles. The van der Waals surface area contributed by atoms with Crippen molar-refractivity contribution in [3.05, 3.63) is 194 Å². The molecule has 0 aliphatic rings. The minimum atomic E-state index is 0.718. The predicted octanol–water partition coefficient (Wildman–Crippen LogP) is 12.8. The van der Waals surface area contributed by atoms with E-state index in [9.17, 15) is 0 Å². The van der Waals surface area contributed by atoms with Gasteiger partial charge in [0.15, 0.2) is 5.82 Å². The zero-order chi connectivity index (χ0) is 33.3. The van der Waals surface area contributed by atoms with E-state index in [2.05, 4.69) is 188 Å². The summed E-state index contributed by atoms with van der Waals surface area (Å²) in [6.45, 7) is 0. The van der Waals surface area contributed by atoms with Gasteiger partial charge in [-0.1, -0.05) is 170 Å². The van der Waals surface area contributed by atoms with Crippen LogP contribution in [0.5, 0.6) is 0 Å². The van der Waals surface area contributed by atoms with Crippen molar-refractivity contribution in [1.29, 1.82) is 0 Å². The van der Waals surface area contributed by atoms with Gasteiger partial charge in [-0.25, -0.2) is 9.97 Å². The molecule has 0 fully saturated rings. The highest BCUT2D eigenvalue weighted by molar-refractivity contribution is 6.12. The van der Waals surface area contributed by atoms with Crippen LogP contribution < -0.4 is 0 Å². The van der Waals surface area contributed by atoms with E-state index in [-0.39, 0.29) is 0 Å². The predicted molar refractivity (Wildman–Crippen MR) is 210 cm³/mol. The van der Waals surface area contributed by atoms with Crippen molar-refractivity contribution < 1.29 is 0 Å². The van der Waals surface area contributed by atoms with Gasteiger partial charge in [-0.3, -0.25) is 0 Å². The first-order valence-corrected chi connectivity index (χ1v) is 17.0. The number of fused-ring (bicyclic) bond motifs is 3. The molecule has 0 N–H and O–H groups in total. The van der Waals surface area contributed by atoms with Crippen LogP contribution in [0.3, 0.4) is 0 Å². The lowest BCUT2D eigenvalue weighted by atomic mass is 9.95. The Balaban J connectivity index is 1.12. The van der Waals surface area contributed by atoms with Gasteiger partial charge in [-0.05, 0) is 79.5 Å². The van der Waals surface area contributed by atoms with E-state index in [1.807, 2.05) is 6.07 Å². The molecule has 1 heterocycles. The molecule has 9 aromatic rings. The molecule has 1 aromatic heterocycles. The van der Waals surface area contributed by atoms with Crippen molar-refractivity contribution in [1.82, 2.24) is 9.97 Å². The van der Waals surface area contributed by atoms with E-state index in [4.69, 9.17) is 9.97 Å². The van der Waals surface area contributed by atoms with Gasteiger partial charge in [0.1, 0.15) is 0 Å². The normalized spacial score (nSPS) is 11.2. The van der Waals surface area contributed by atoms with Crippen molar-refractivity contribution >= 4 is 21.7 Å². The van der Waals surface area contributed by atoms with Crippen LogP contribution in [-0.2, 0) is 0 Å². The second-order valence-electron chi connectivity index (χ2n) is 12.6. The Morgan fingerprint density at radius 1 is 0.280 bits per heavy atom. The molecule has 0 bridgehead atoms. The first-order valence-electron chi connectivity index (χ1n) is 17.0. The Hall–Kier alpha value is -6.64. The molecule has 234 valence electrons. The van der Waals surface area contributed by atoms with Crippen LogP contribution in [0.25, 0.3) is 88.8 Å². The molecule has 0 unspecified atom stereocenters. The maximum absolute atomic E-state index is 5.30. The van der Waals surface area contributed by atoms with Crippen molar-refractivity contribution in [2.45, 2.75) is 0 Å². The summed E-state index contributed by atoms with van der Waals surface area (Å²) in [7, 11) is 0. The molecule has 0 amide bonds. The molecular formula is C48H32N2. The summed E-state index contributed by atoms with van der Waals surface area (Å²) in [5, 5.41) is 3.40. The van der Waals surface area contributed by atoms with Gasteiger partial charge in [0.05, 0.1) is 11.2 Å². The van der Waals surface area contributed by atoms with E-state index in [0.29, 0.717) is 0 Å². The van der Waals surface area contributed by atoms with E-state index in [1.165, 1.54) is 38.8 Å². The summed E-state index contributed by atoms with van der Waals surface area (Å²) >= 11 is 0. The molecule has 0 atom stereocenters. The average molecular weight is 637 g/mol. The lowest BCUT2D eigenvalue weighted by molar-refractivity contribution is 1.23. The number of nitrogens with zero attached hydrogens (tertiary/aromatic N) is 2. The van der Waals surface area contributed by atoms with Gasteiger partial charge in [0.2, 0.25) is 0 Å². The second kappa shape index (κ2) is 12.8. The Morgan fingerprint density at radius 2 is 0.720 bits per heavy atom. The Labute approximate surface area is 292 Å². The lowest BCUT2D eigenvalue weighted by Gasteiger charge is -2.13. The molecule has 0 spiro atoms. The van der Waals surface area contributed by atoms with Crippen LogP contribution in [0.1, 0.15) is 0 Å². The third kappa shape index (κ3) is 5.63. The van der Waals surface area contributed by atoms with Gasteiger partial charge in [-0.2, -0.15) is 0 Å². The quantitative estimate of drug-likeness (QED) is 0.170. The van der Waals surface area contributed by atoms with E-state index in [1.54, 1.807) is 0 Å². The van der Waals surface area contributed by atoms with E-state index in [0.717, 1.165) is 50.1 Å². The third-order valence-corrected chi connectivity index (χ3v) is 9.47. The van der Waals surface area contributed by atoms with Gasteiger partial charge >= 0.3 is 0 Å². The number of hydrogen-bond acceptors (Lipinski definition) is 2. The van der Waals surface area contributed by atoms with Crippen LogP contribution in [0.4, 0.5) is 0 Å². The molecule has 0 aliphatic heterocycles. The smallest absolute Gasteiger partial charge is 0.160 e. The molecular weight excluding hydrogens is 605 g/mol. The number of aromatic nitrogens is 2. The third-order valence-electron chi connectivity index (χ3n) is 9.47. The van der Waals surface area contributed by atoms with Gasteiger partial charge < -0.3 is 0 Å². The SMILES string of the molecule is c1ccc(-c2cccc(-c3cccc(-c4ccc(-c5nc(-c6cccc(-c7ccccc7)c6)nc6ccc7ccccc7c56)cc4)c3)c2)cc1. The molecule has 50 heavy (non-hydrogen) atoms. The monoisotopic (exact) mass is 636 g/mol. The standard InChI is InChI=1S/C48H32N2/c1-3-12-33(13-4-1)38-17-9-20-41(30-38)42-21-10-18-39(31-42)35-24-26-37(27-25-35)47-46-44-23-8-7-16-36(44)28-29-45(46)49-48(50-47)43-22-11-19-40(32-43)34-14-5-2-6-15-34/h1-32H. The van der Waals surface area contributed by atoms with Crippen LogP contribution in [-0.4, -0.2) is 9.97 Å². The summed E-state index contributed by atoms with van der Waals surface area (Å²) in [5.74, 6) is 0.718. The van der Waals surface area contributed by atoms with Crippen molar-refractivity contribution in [2.75, 3.05) is 0 Å². The first kappa shape index (κ1) is 29.5. The van der Waals surface area contributed by atoms with Crippen LogP contribution in [0, 0.1) is 0 Å². The summed E-state index contributed by atoms with van der Waals surface area (Å²) in [4.78, 5) is 10.4. The summed E-state index contributed by atoms with van der Waals surface area (Å²) in [5.41, 5.74) is 13.4. The van der Waals surface area contributed by atoms with Crippen LogP contribution in [0.15, 0.2) is 194 Å². The highest BCUT2D eigenvalue weighted by Crippen LogP contribution is 2.36. The van der Waals surface area contributed by atoms with E-state index < -0.39 is 0 Å². The fourth-order valence-corrected chi connectivity index (χ4v) is 6.92. The summed E-state index contributed by atoms with van der Waals surface area (Å²) < 4.78 is 0. The topological polar surface area (TPSA) is 25.8 Å². The van der Waals surface area contributed by atoms with E-state index >= 15 is 0 Å². The minimum Gasteiger partial charge on any atom is -0.228 e. The zero-order valence-electron chi connectivity index (χ0n) is 27.4. The highest BCUT2D eigenvalue weighted by Gasteiger charge is 2.15. The number of hydrogen-bond donors (Lipinski definition) is 0. The largest absolute Gasteiger partial charge is 0.228 e. The lowest BCUT2D eigenvalue weighted by Crippen LogP contribution is -1.96. The second-order valence-corrected chi connectivity index (χ2v) is 12.6. The average Bonchev–Trinajstić information content (AvgIpc) is 3.21. The maximum Gasteiger partial charge on any atom is 0.160 e. The van der Waals surface area contributed by atoms with Crippen LogP contribution >= 0.6 is 0 Å². The Bertz CT molecular complexity index is 2620. The molecule has 0 aliphatic carbocycles. The summed E-state index contributed by atoms with van der Waals surface area (Å²) in [6.07, 6.45) is 0. The molecule has 0 radical (unpaired) electrons. The molecule has 0 saturated carbocycles. The Morgan fingerprint density at radius 3 is 1.32 bits per heavy atom. The highest BCUT2D eigenvalue weighted by atomic mass is 14.9. The zero-order valence-corrected chi connectivity index (χ0v) is 27.4. The van der Waals surface area contributed by atoms with Crippen molar-refractivity contribution in [3.63, 3.8) is 0 Å². The number of benzene rings is 8. The van der Waals surface area contributed by atoms with Crippen molar-refractivity contribution in [3.8, 4) is 67.2 Å². The maximum atomic E-state index is 5.30. The fourth-order valence-electron chi connectivity index (χ4n) is 6.92.